The number of hydrogen-bond donors (Lipinski definition) is 1. The van der Waals surface area contributed by atoms with E-state index in [0.29, 0.717) is 36.7 Å². The lowest BCUT2D eigenvalue weighted by Crippen LogP contribution is -2.35. The van der Waals surface area contributed by atoms with Crippen LogP contribution in [0.1, 0.15) is 37.2 Å². The fourth-order valence-electron chi connectivity index (χ4n) is 3.35. The third-order valence-corrected chi connectivity index (χ3v) is 6.15. The Kier molecular flexibility index (Phi) is 7.12. The summed E-state index contributed by atoms with van der Waals surface area (Å²) in [7, 11) is 0. The van der Waals surface area contributed by atoms with Crippen LogP contribution >= 0.6 is 23.1 Å². The van der Waals surface area contributed by atoms with E-state index in [1.807, 2.05) is 42.5 Å². The maximum atomic E-state index is 12.4. The quantitative estimate of drug-likeness (QED) is 0.496. The Morgan fingerprint density at radius 2 is 1.91 bits per heavy atom. The van der Waals surface area contributed by atoms with E-state index in [2.05, 4.69) is 28.4 Å². The number of amides is 1. The molecule has 1 aliphatic rings. The van der Waals surface area contributed by atoms with Crippen molar-refractivity contribution in [3.05, 3.63) is 64.4 Å². The minimum Gasteiger partial charge on any atom is -0.454 e. The van der Waals surface area contributed by atoms with Crippen LogP contribution < -0.4 is 19.7 Å². The van der Waals surface area contributed by atoms with Crippen molar-refractivity contribution in [2.45, 2.75) is 39.3 Å². The van der Waals surface area contributed by atoms with Gasteiger partial charge in [0.2, 0.25) is 17.8 Å². The number of rotatable bonds is 9. The Hall–Kier alpha value is -2.84. The van der Waals surface area contributed by atoms with Gasteiger partial charge in [0.15, 0.2) is 11.5 Å². The average Bonchev–Trinajstić information content (AvgIpc) is 3.43. The molecule has 9 heteroatoms. The minimum atomic E-state index is -0.0146. The normalized spacial score (nSPS) is 12.2. The third-order valence-electron chi connectivity index (χ3n) is 5.11. The predicted octanol–water partition coefficient (Wildman–Crippen LogP) is 4.43. The number of nitrogens with one attached hydrogen (secondary N) is 1. The van der Waals surface area contributed by atoms with Gasteiger partial charge in [0.25, 0.3) is 0 Å². The van der Waals surface area contributed by atoms with E-state index >= 15 is 0 Å². The van der Waals surface area contributed by atoms with Gasteiger partial charge in [0, 0.05) is 48.5 Å². The van der Waals surface area contributed by atoms with E-state index in [-0.39, 0.29) is 18.7 Å². The van der Waals surface area contributed by atoms with Crippen molar-refractivity contribution in [1.29, 1.82) is 0 Å². The second kappa shape index (κ2) is 10.2. The molecule has 1 N–H and O–H groups in total. The Morgan fingerprint density at radius 3 is 2.69 bits per heavy atom. The van der Waals surface area contributed by atoms with Gasteiger partial charge in [-0.25, -0.2) is 4.98 Å². The molecule has 168 valence electrons. The third kappa shape index (κ3) is 5.69. The summed E-state index contributed by atoms with van der Waals surface area (Å²) in [6, 6.07) is 13.6. The highest BCUT2D eigenvalue weighted by molar-refractivity contribution is 7.09. The molecule has 1 amide bonds. The molecule has 0 saturated heterocycles. The summed E-state index contributed by atoms with van der Waals surface area (Å²) < 4.78 is 15.2. The van der Waals surface area contributed by atoms with Crippen molar-refractivity contribution >= 4 is 34.2 Å². The van der Waals surface area contributed by atoms with Gasteiger partial charge in [-0.1, -0.05) is 29.8 Å². The first-order chi connectivity index (χ1) is 15.5. The highest BCUT2D eigenvalue weighted by Crippen LogP contribution is 2.32. The molecule has 4 rings (SSSR count). The maximum absolute atomic E-state index is 12.4. The molecule has 0 aliphatic carbocycles. The fourth-order valence-corrected chi connectivity index (χ4v) is 4.33. The summed E-state index contributed by atoms with van der Waals surface area (Å²) >= 11 is 7.32. The van der Waals surface area contributed by atoms with E-state index in [4.69, 9.17) is 26.1 Å². The molecule has 2 aromatic carbocycles. The van der Waals surface area contributed by atoms with Gasteiger partial charge in [0.1, 0.15) is 5.82 Å². The lowest BCUT2D eigenvalue weighted by Gasteiger charge is -2.25. The Bertz CT molecular complexity index is 1070. The number of aromatic nitrogens is 2. The van der Waals surface area contributed by atoms with E-state index in [1.54, 1.807) is 0 Å². The zero-order chi connectivity index (χ0) is 22.5. The van der Waals surface area contributed by atoms with E-state index in [1.165, 1.54) is 11.5 Å². The van der Waals surface area contributed by atoms with Crippen LogP contribution in [0.3, 0.4) is 0 Å². The van der Waals surface area contributed by atoms with E-state index < -0.39 is 0 Å². The first-order valence-corrected chi connectivity index (χ1v) is 11.6. The monoisotopic (exact) mass is 472 g/mol. The molecule has 0 atom stereocenters. The summed E-state index contributed by atoms with van der Waals surface area (Å²) in [5.41, 5.74) is 2.08. The van der Waals surface area contributed by atoms with Crippen LogP contribution in [-0.2, 0) is 17.8 Å². The van der Waals surface area contributed by atoms with Crippen molar-refractivity contribution < 1.29 is 14.3 Å². The number of ether oxygens (including phenoxy) is 2. The highest BCUT2D eigenvalue weighted by Gasteiger charge is 2.18. The molecule has 0 spiro atoms. The van der Waals surface area contributed by atoms with Crippen molar-refractivity contribution in [2.75, 3.05) is 18.2 Å². The van der Waals surface area contributed by atoms with Crippen molar-refractivity contribution in [2.24, 2.45) is 0 Å². The largest absolute Gasteiger partial charge is 0.454 e. The number of carbonyl (C=O) groups is 1. The van der Waals surface area contributed by atoms with E-state index in [0.717, 1.165) is 27.8 Å². The molecule has 32 heavy (non-hydrogen) atoms. The van der Waals surface area contributed by atoms with Crippen LogP contribution in [0.25, 0.3) is 0 Å². The topological polar surface area (TPSA) is 76.6 Å². The molecule has 0 unspecified atom stereocenters. The van der Waals surface area contributed by atoms with Gasteiger partial charge in [0.05, 0.1) is 0 Å². The van der Waals surface area contributed by atoms with Crippen LogP contribution in [-0.4, -0.2) is 34.6 Å². The van der Waals surface area contributed by atoms with Crippen molar-refractivity contribution in [3.63, 3.8) is 0 Å². The van der Waals surface area contributed by atoms with Crippen LogP contribution in [0.4, 0.5) is 5.13 Å². The summed E-state index contributed by atoms with van der Waals surface area (Å²) in [5, 5.41) is 4.51. The molecule has 0 saturated carbocycles. The molecular formula is C23H25ClN4O3S. The van der Waals surface area contributed by atoms with Gasteiger partial charge < -0.3 is 19.7 Å². The second-order valence-corrected chi connectivity index (χ2v) is 8.96. The zero-order valence-electron chi connectivity index (χ0n) is 18.0. The van der Waals surface area contributed by atoms with Gasteiger partial charge >= 0.3 is 0 Å². The molecule has 7 nitrogen and oxygen atoms in total. The predicted molar refractivity (Wildman–Crippen MR) is 126 cm³/mol. The van der Waals surface area contributed by atoms with Gasteiger partial charge in [-0.3, -0.25) is 4.79 Å². The van der Waals surface area contributed by atoms with Gasteiger partial charge in [-0.05, 0) is 49.2 Å². The molecule has 0 bridgehead atoms. The number of anilines is 1. The fraction of sp³-hybridized carbons (Fsp3) is 0.348. The highest BCUT2D eigenvalue weighted by atomic mass is 35.5. The molecule has 0 fully saturated rings. The molecule has 2 heterocycles. The Balaban J connectivity index is 1.30. The Morgan fingerprint density at radius 1 is 1.16 bits per heavy atom. The number of hydrogen-bond acceptors (Lipinski definition) is 7. The zero-order valence-corrected chi connectivity index (χ0v) is 19.6. The number of carbonyl (C=O) groups excluding carboxylic acids is 1. The van der Waals surface area contributed by atoms with Crippen LogP contribution in [0.5, 0.6) is 11.5 Å². The molecule has 0 radical (unpaired) electrons. The number of benzene rings is 2. The van der Waals surface area contributed by atoms with Crippen LogP contribution in [0, 0.1) is 0 Å². The molecule has 3 aromatic rings. The molecular weight excluding hydrogens is 448 g/mol. The number of halogens is 1. The van der Waals surface area contributed by atoms with Gasteiger partial charge in [-0.15, -0.1) is 0 Å². The first kappa shape index (κ1) is 22.4. The summed E-state index contributed by atoms with van der Waals surface area (Å²) in [6.45, 7) is 5.43. The second-order valence-electron chi connectivity index (χ2n) is 7.80. The number of fused-ring (bicyclic) bond motifs is 1. The first-order valence-electron chi connectivity index (χ1n) is 10.5. The SMILES string of the molecule is CC(C)N(CCC(=O)NCc1ccc2c(c1)OCO2)c1nc(Cc2ccc(Cl)cc2)ns1. The molecule has 1 aromatic heterocycles. The van der Waals surface area contributed by atoms with Gasteiger partial charge in [-0.2, -0.15) is 4.37 Å². The number of nitrogens with zero attached hydrogens (tertiary/aromatic N) is 3. The average molecular weight is 473 g/mol. The summed E-state index contributed by atoms with van der Waals surface area (Å²) in [6.07, 6.45) is 1.02. The van der Waals surface area contributed by atoms with Crippen molar-refractivity contribution in [3.8, 4) is 11.5 Å². The maximum Gasteiger partial charge on any atom is 0.231 e. The summed E-state index contributed by atoms with van der Waals surface area (Å²) in [4.78, 5) is 19.3. The van der Waals surface area contributed by atoms with E-state index in [9.17, 15) is 4.79 Å². The Labute approximate surface area is 196 Å². The lowest BCUT2D eigenvalue weighted by molar-refractivity contribution is -0.121. The van der Waals surface area contributed by atoms with Crippen molar-refractivity contribution in [1.82, 2.24) is 14.7 Å². The van der Waals surface area contributed by atoms with Crippen LogP contribution in [0.2, 0.25) is 5.02 Å². The lowest BCUT2D eigenvalue weighted by atomic mass is 10.1. The molecule has 1 aliphatic heterocycles. The minimum absolute atomic E-state index is 0.0146. The standard InChI is InChI=1S/C23H25ClN4O3S/c1-15(2)28(23-26-21(27-32-23)12-16-3-6-18(24)7-4-16)10-9-22(29)25-13-17-5-8-19-20(11-17)31-14-30-19/h3-8,11,15H,9-10,12-14H2,1-2H3,(H,25,29). The smallest absolute Gasteiger partial charge is 0.231 e. The summed E-state index contributed by atoms with van der Waals surface area (Å²) in [5.74, 6) is 2.21. The van der Waals surface area contributed by atoms with Crippen LogP contribution in [0.15, 0.2) is 42.5 Å².